The molecule has 29 heavy (non-hydrogen) atoms. The van der Waals surface area contributed by atoms with Gasteiger partial charge in [-0.2, -0.15) is 0 Å². The third-order valence-corrected chi connectivity index (χ3v) is 6.57. The van der Waals surface area contributed by atoms with Crippen molar-refractivity contribution in [3.63, 3.8) is 0 Å². The van der Waals surface area contributed by atoms with Crippen LogP contribution in [0.25, 0.3) is 0 Å². The van der Waals surface area contributed by atoms with Crippen LogP contribution in [0.5, 0.6) is 0 Å². The first kappa shape index (κ1) is 21.2. The molecule has 0 N–H and O–H groups in total. The molecule has 3 saturated heterocycles. The van der Waals surface area contributed by atoms with Crippen molar-refractivity contribution in [3.8, 4) is 0 Å². The Morgan fingerprint density at radius 1 is 0.862 bits per heavy atom. The van der Waals surface area contributed by atoms with Crippen LogP contribution in [0.1, 0.15) is 58.9 Å². The molecule has 0 amide bonds. The summed E-state index contributed by atoms with van der Waals surface area (Å²) in [6, 6.07) is 10.2. The molecule has 0 spiro atoms. The van der Waals surface area contributed by atoms with Crippen LogP contribution in [0.15, 0.2) is 30.3 Å². The molecule has 0 aliphatic carbocycles. The molecule has 0 unspecified atom stereocenters. The molecule has 6 heteroatoms. The van der Waals surface area contributed by atoms with Crippen LogP contribution in [0.3, 0.4) is 0 Å². The second-order valence-corrected chi connectivity index (χ2v) is 8.13. The molecule has 1 aromatic carbocycles. The fourth-order valence-corrected chi connectivity index (χ4v) is 4.56. The summed E-state index contributed by atoms with van der Waals surface area (Å²) in [4.78, 5) is 0. The molecule has 0 saturated carbocycles. The van der Waals surface area contributed by atoms with Crippen LogP contribution >= 0.6 is 0 Å². The lowest BCUT2D eigenvalue weighted by molar-refractivity contribution is -0.254. The number of rotatable bonds is 8. The number of benzene rings is 1. The van der Waals surface area contributed by atoms with Gasteiger partial charge in [-0.05, 0) is 31.2 Å². The molecule has 3 aliphatic rings. The summed E-state index contributed by atoms with van der Waals surface area (Å²) in [7, 11) is 0. The largest absolute Gasteiger partial charge is 0.368 e. The van der Waals surface area contributed by atoms with Crippen molar-refractivity contribution >= 4 is 0 Å². The highest BCUT2D eigenvalue weighted by atomic mass is 16.8. The van der Waals surface area contributed by atoms with E-state index in [-0.39, 0.29) is 24.4 Å². The van der Waals surface area contributed by atoms with Crippen molar-refractivity contribution in [2.75, 3.05) is 6.61 Å². The Morgan fingerprint density at radius 3 is 2.17 bits per heavy atom. The zero-order chi connectivity index (χ0) is 20.5. The van der Waals surface area contributed by atoms with Gasteiger partial charge in [0, 0.05) is 0 Å². The van der Waals surface area contributed by atoms with E-state index in [4.69, 9.17) is 28.4 Å². The third kappa shape index (κ3) is 3.99. The van der Waals surface area contributed by atoms with Crippen molar-refractivity contribution < 1.29 is 28.4 Å². The van der Waals surface area contributed by atoms with E-state index in [2.05, 4.69) is 39.8 Å². The first-order chi connectivity index (χ1) is 14.1. The zero-order valence-electron chi connectivity index (χ0n) is 18.0. The minimum atomic E-state index is -0.599. The van der Waals surface area contributed by atoms with E-state index >= 15 is 0 Å². The fourth-order valence-electron chi connectivity index (χ4n) is 4.56. The third-order valence-electron chi connectivity index (χ3n) is 6.57. The Kier molecular flexibility index (Phi) is 6.30. The first-order valence-electron chi connectivity index (χ1n) is 11.1. The van der Waals surface area contributed by atoms with E-state index in [0.29, 0.717) is 13.2 Å². The molecule has 162 valence electrons. The predicted molar refractivity (Wildman–Crippen MR) is 107 cm³/mol. The van der Waals surface area contributed by atoms with E-state index in [1.54, 1.807) is 0 Å². The maximum absolute atomic E-state index is 6.40. The van der Waals surface area contributed by atoms with Crippen LogP contribution in [-0.2, 0) is 35.0 Å². The Bertz CT molecular complexity index is 657. The lowest BCUT2D eigenvalue weighted by atomic mass is 10.1. The zero-order valence-corrected chi connectivity index (χ0v) is 18.0. The monoisotopic (exact) mass is 406 g/mol. The quantitative estimate of drug-likeness (QED) is 0.646. The molecular formula is C23H34O6. The predicted octanol–water partition coefficient (Wildman–Crippen LogP) is 4.16. The number of hydrogen-bond acceptors (Lipinski definition) is 6. The molecule has 1 aromatic rings. The van der Waals surface area contributed by atoms with Crippen LogP contribution < -0.4 is 0 Å². The molecule has 4 rings (SSSR count). The van der Waals surface area contributed by atoms with Gasteiger partial charge in [-0.15, -0.1) is 0 Å². The molecule has 0 bridgehead atoms. The molecule has 3 aliphatic heterocycles. The smallest absolute Gasteiger partial charge is 0.190 e. The van der Waals surface area contributed by atoms with Gasteiger partial charge in [0.15, 0.2) is 17.9 Å². The van der Waals surface area contributed by atoms with E-state index in [1.165, 1.54) is 0 Å². The number of fused-ring (bicyclic) bond motifs is 1. The normalized spacial score (nSPS) is 35.1. The summed E-state index contributed by atoms with van der Waals surface area (Å²) in [5.74, 6) is -1.13. The molecular weight excluding hydrogens is 372 g/mol. The minimum Gasteiger partial charge on any atom is -0.368 e. The van der Waals surface area contributed by atoms with Crippen LogP contribution in [0, 0.1) is 0 Å². The number of hydrogen-bond donors (Lipinski definition) is 0. The van der Waals surface area contributed by atoms with Gasteiger partial charge in [0.2, 0.25) is 0 Å². The van der Waals surface area contributed by atoms with Crippen molar-refractivity contribution in [2.24, 2.45) is 0 Å². The molecule has 3 heterocycles. The van der Waals surface area contributed by atoms with Gasteiger partial charge in [0.25, 0.3) is 0 Å². The van der Waals surface area contributed by atoms with E-state index in [0.717, 1.165) is 31.2 Å². The lowest BCUT2D eigenvalue weighted by Gasteiger charge is -2.32. The van der Waals surface area contributed by atoms with Gasteiger partial charge in [-0.3, -0.25) is 0 Å². The van der Waals surface area contributed by atoms with Gasteiger partial charge >= 0.3 is 0 Å². The van der Waals surface area contributed by atoms with Crippen molar-refractivity contribution in [2.45, 2.75) is 102 Å². The number of ether oxygens (including phenoxy) is 6. The summed E-state index contributed by atoms with van der Waals surface area (Å²) in [5.41, 5.74) is 1.12. The van der Waals surface area contributed by atoms with Crippen LogP contribution in [0.2, 0.25) is 0 Å². The molecule has 0 aromatic heterocycles. The second kappa shape index (κ2) is 8.61. The molecule has 3 fully saturated rings. The standard InChI is InChI=1S/C23H34O6/c1-5-22(6-2)25-15-17(27-22)18-19(24-14-16-12-10-9-11-13-16)20-21(26-18)29-23(7-3,8-4)28-20/h9-13,17-21H,5-8,14-15H2,1-4H3/t17-,18-,19+,20-,21-/m1/s1. The maximum atomic E-state index is 6.40. The Morgan fingerprint density at radius 2 is 1.55 bits per heavy atom. The Hall–Kier alpha value is -1.02. The fraction of sp³-hybridized carbons (Fsp3) is 0.739. The average Bonchev–Trinajstić information content (AvgIpc) is 3.44. The average molecular weight is 407 g/mol. The van der Waals surface area contributed by atoms with Crippen LogP contribution in [-0.4, -0.2) is 48.9 Å². The summed E-state index contributed by atoms with van der Waals surface area (Å²) in [6.45, 7) is 9.30. The molecule has 0 radical (unpaired) electrons. The highest BCUT2D eigenvalue weighted by Crippen LogP contribution is 2.45. The summed E-state index contributed by atoms with van der Waals surface area (Å²) < 4.78 is 37.7. The highest BCUT2D eigenvalue weighted by molar-refractivity contribution is 5.13. The van der Waals surface area contributed by atoms with E-state index < -0.39 is 17.9 Å². The Labute approximate surface area is 173 Å². The Balaban J connectivity index is 1.51. The minimum absolute atomic E-state index is 0.203. The van der Waals surface area contributed by atoms with Gasteiger partial charge in [-0.25, -0.2) is 0 Å². The van der Waals surface area contributed by atoms with Gasteiger partial charge in [0.1, 0.15) is 24.4 Å². The lowest BCUT2D eigenvalue weighted by Crippen LogP contribution is -2.45. The van der Waals surface area contributed by atoms with Crippen molar-refractivity contribution in [3.05, 3.63) is 35.9 Å². The first-order valence-corrected chi connectivity index (χ1v) is 11.1. The van der Waals surface area contributed by atoms with Gasteiger partial charge < -0.3 is 28.4 Å². The SMILES string of the molecule is CCC1(CC)O[C@H]2O[C@H]([C@H]3COC(CC)(CC)O3)[C@H](OCc3ccccc3)[C@H]2O1. The van der Waals surface area contributed by atoms with Crippen molar-refractivity contribution in [1.82, 2.24) is 0 Å². The topological polar surface area (TPSA) is 55.4 Å². The highest BCUT2D eigenvalue weighted by Gasteiger charge is 2.60. The van der Waals surface area contributed by atoms with Gasteiger partial charge in [0.05, 0.1) is 13.2 Å². The van der Waals surface area contributed by atoms with E-state index in [9.17, 15) is 0 Å². The molecule has 6 nitrogen and oxygen atoms in total. The second-order valence-electron chi connectivity index (χ2n) is 8.13. The van der Waals surface area contributed by atoms with Crippen LogP contribution in [0.4, 0.5) is 0 Å². The van der Waals surface area contributed by atoms with E-state index in [1.807, 2.05) is 18.2 Å². The molecule has 5 atom stereocenters. The summed E-state index contributed by atoms with van der Waals surface area (Å²) in [5, 5.41) is 0. The maximum Gasteiger partial charge on any atom is 0.190 e. The van der Waals surface area contributed by atoms with Gasteiger partial charge in [-0.1, -0.05) is 58.0 Å². The van der Waals surface area contributed by atoms with Crippen molar-refractivity contribution in [1.29, 1.82) is 0 Å². The summed E-state index contributed by atoms with van der Waals surface area (Å²) in [6.07, 6.45) is 1.66. The summed E-state index contributed by atoms with van der Waals surface area (Å²) >= 11 is 0.